The van der Waals surface area contributed by atoms with Crippen molar-refractivity contribution in [1.82, 2.24) is 9.55 Å². The summed E-state index contributed by atoms with van der Waals surface area (Å²) in [6.07, 6.45) is -2.89. The summed E-state index contributed by atoms with van der Waals surface area (Å²) in [5, 5.41) is 0.805. The molecule has 0 spiro atoms. The molecular weight excluding hydrogens is 425 g/mol. The average molecular weight is 441 g/mol. The molecule has 9 heteroatoms. The number of nitrogens with zero attached hydrogens (tertiary/aromatic N) is 2. The fourth-order valence-corrected chi connectivity index (χ4v) is 4.36. The van der Waals surface area contributed by atoms with Gasteiger partial charge in [0.25, 0.3) is 0 Å². The molecular formula is C20H16ClF3N2O2S. The van der Waals surface area contributed by atoms with Crippen LogP contribution in [0.1, 0.15) is 11.1 Å². The van der Waals surface area contributed by atoms with Crippen molar-refractivity contribution < 1.29 is 22.6 Å². The Labute approximate surface area is 174 Å². The molecule has 0 aliphatic carbocycles. The van der Waals surface area contributed by atoms with Gasteiger partial charge in [-0.3, -0.25) is 0 Å². The first-order valence-corrected chi connectivity index (χ1v) is 10.1. The fraction of sp³-hybridized carbons (Fsp3) is 0.250. The largest absolute Gasteiger partial charge is 0.467 e. The number of aromatic nitrogens is 2. The van der Waals surface area contributed by atoms with E-state index in [0.29, 0.717) is 34.4 Å². The molecule has 0 amide bonds. The molecule has 29 heavy (non-hydrogen) atoms. The number of hydrogen-bond acceptors (Lipinski definition) is 4. The van der Waals surface area contributed by atoms with E-state index in [0.717, 1.165) is 11.1 Å². The zero-order valence-corrected chi connectivity index (χ0v) is 16.7. The Morgan fingerprint density at radius 2 is 1.97 bits per heavy atom. The molecule has 2 heterocycles. The van der Waals surface area contributed by atoms with Crippen LogP contribution in [0.3, 0.4) is 0 Å². The molecule has 0 bridgehead atoms. The Kier molecular flexibility index (Phi) is 5.76. The summed E-state index contributed by atoms with van der Waals surface area (Å²) in [5.41, 5.74) is 2.71. The number of thioether (sulfide) groups is 1. The summed E-state index contributed by atoms with van der Waals surface area (Å²) in [4.78, 5) is 4.25. The third kappa shape index (κ3) is 4.71. The molecule has 0 saturated heterocycles. The van der Waals surface area contributed by atoms with Gasteiger partial charge in [-0.25, -0.2) is 4.98 Å². The van der Waals surface area contributed by atoms with Crippen LogP contribution in [0.25, 0.3) is 11.3 Å². The van der Waals surface area contributed by atoms with Crippen LogP contribution in [-0.2, 0) is 23.6 Å². The Morgan fingerprint density at radius 3 is 2.72 bits per heavy atom. The average Bonchev–Trinajstić information content (AvgIpc) is 3.07. The van der Waals surface area contributed by atoms with E-state index in [1.54, 1.807) is 36.4 Å². The van der Waals surface area contributed by atoms with Gasteiger partial charge in [-0.15, -0.1) is 0 Å². The zero-order chi connectivity index (χ0) is 20.4. The lowest BCUT2D eigenvalue weighted by Gasteiger charge is -2.21. The van der Waals surface area contributed by atoms with Crippen LogP contribution >= 0.6 is 23.4 Å². The number of halogens is 4. The molecule has 0 saturated carbocycles. The van der Waals surface area contributed by atoms with E-state index in [1.165, 1.54) is 22.5 Å². The zero-order valence-electron chi connectivity index (χ0n) is 15.1. The predicted molar refractivity (Wildman–Crippen MR) is 105 cm³/mol. The van der Waals surface area contributed by atoms with E-state index in [4.69, 9.17) is 21.1 Å². The van der Waals surface area contributed by atoms with Crippen LogP contribution in [0.4, 0.5) is 13.2 Å². The van der Waals surface area contributed by atoms with Crippen molar-refractivity contribution >= 4 is 23.4 Å². The van der Waals surface area contributed by atoms with E-state index in [-0.39, 0.29) is 11.9 Å². The van der Waals surface area contributed by atoms with Gasteiger partial charge in [-0.05, 0) is 17.7 Å². The molecule has 4 rings (SSSR count). The SMILES string of the molecule is FC(F)(F)Cn1c(-c2ccccc2)cnc1SCc1cc(Cl)cc2c1OCOC2. The molecule has 2 aromatic carbocycles. The quantitative estimate of drug-likeness (QED) is 0.461. The van der Waals surface area contributed by atoms with Crippen molar-refractivity contribution in [3.05, 3.63) is 64.8 Å². The third-order valence-electron chi connectivity index (χ3n) is 4.33. The van der Waals surface area contributed by atoms with Crippen molar-refractivity contribution in [1.29, 1.82) is 0 Å². The van der Waals surface area contributed by atoms with Gasteiger partial charge < -0.3 is 14.0 Å². The lowest BCUT2D eigenvalue weighted by atomic mass is 10.1. The maximum atomic E-state index is 13.2. The topological polar surface area (TPSA) is 36.3 Å². The molecule has 4 nitrogen and oxygen atoms in total. The van der Waals surface area contributed by atoms with Crippen molar-refractivity contribution in [2.75, 3.05) is 6.79 Å². The molecule has 1 aromatic heterocycles. The summed E-state index contributed by atoms with van der Waals surface area (Å²) >= 11 is 7.39. The maximum absolute atomic E-state index is 13.2. The van der Waals surface area contributed by atoms with Gasteiger partial charge in [0, 0.05) is 21.9 Å². The van der Waals surface area contributed by atoms with Crippen molar-refractivity contribution in [3.63, 3.8) is 0 Å². The van der Waals surface area contributed by atoms with Crippen LogP contribution in [0.2, 0.25) is 5.02 Å². The summed E-state index contributed by atoms with van der Waals surface area (Å²) in [5.74, 6) is 1.04. The predicted octanol–water partition coefficient (Wildman–Crippen LogP) is 5.92. The second kappa shape index (κ2) is 8.30. The molecule has 0 fully saturated rings. The number of benzene rings is 2. The molecule has 1 aliphatic rings. The molecule has 0 atom stereocenters. The third-order valence-corrected chi connectivity index (χ3v) is 5.59. The van der Waals surface area contributed by atoms with E-state index in [2.05, 4.69) is 4.98 Å². The maximum Gasteiger partial charge on any atom is 0.406 e. The minimum atomic E-state index is -4.37. The summed E-state index contributed by atoms with van der Waals surface area (Å²) in [6.45, 7) is -0.598. The molecule has 0 radical (unpaired) electrons. The van der Waals surface area contributed by atoms with Crippen LogP contribution in [0.15, 0.2) is 53.8 Å². The monoisotopic (exact) mass is 440 g/mol. The van der Waals surface area contributed by atoms with Crippen LogP contribution in [0, 0.1) is 0 Å². The van der Waals surface area contributed by atoms with Gasteiger partial charge in [-0.1, -0.05) is 53.7 Å². The molecule has 3 aromatic rings. The second-order valence-electron chi connectivity index (χ2n) is 6.45. The Bertz CT molecular complexity index is 1010. The normalized spacial score (nSPS) is 13.8. The van der Waals surface area contributed by atoms with Gasteiger partial charge in [0.2, 0.25) is 0 Å². The summed E-state index contributed by atoms with van der Waals surface area (Å²) in [7, 11) is 0. The van der Waals surface area contributed by atoms with Crippen molar-refractivity contribution in [3.8, 4) is 17.0 Å². The molecule has 1 aliphatic heterocycles. The number of rotatable bonds is 5. The van der Waals surface area contributed by atoms with E-state index >= 15 is 0 Å². The van der Waals surface area contributed by atoms with E-state index in [1.807, 2.05) is 6.07 Å². The first-order valence-electron chi connectivity index (χ1n) is 8.73. The Morgan fingerprint density at radius 1 is 1.17 bits per heavy atom. The van der Waals surface area contributed by atoms with Crippen molar-refractivity contribution in [2.45, 2.75) is 30.2 Å². The van der Waals surface area contributed by atoms with Crippen LogP contribution < -0.4 is 4.74 Å². The standard InChI is InChI=1S/C20H16ClF3N2O2S/c21-16-6-14-9-27-12-28-18(14)15(7-16)10-29-19-25-8-17(13-4-2-1-3-5-13)26(19)11-20(22,23)24/h1-8H,9-12H2. The lowest BCUT2D eigenvalue weighted by Crippen LogP contribution is -2.19. The number of alkyl halides is 3. The van der Waals surface area contributed by atoms with Crippen LogP contribution in [0.5, 0.6) is 5.75 Å². The highest BCUT2D eigenvalue weighted by Gasteiger charge is 2.31. The molecule has 152 valence electrons. The Hall–Kier alpha value is -2.16. The first kappa shape index (κ1) is 20.1. The number of imidazole rings is 1. The van der Waals surface area contributed by atoms with Crippen molar-refractivity contribution in [2.24, 2.45) is 0 Å². The molecule has 0 N–H and O–H groups in total. The minimum Gasteiger partial charge on any atom is -0.467 e. The van der Waals surface area contributed by atoms with Gasteiger partial charge in [0.05, 0.1) is 18.5 Å². The highest BCUT2D eigenvalue weighted by molar-refractivity contribution is 7.98. The van der Waals surface area contributed by atoms with Gasteiger partial charge in [0.15, 0.2) is 11.9 Å². The van der Waals surface area contributed by atoms with Gasteiger partial charge in [-0.2, -0.15) is 13.2 Å². The summed E-state index contributed by atoms with van der Waals surface area (Å²) in [6, 6.07) is 12.4. The molecule has 0 unspecified atom stereocenters. The lowest BCUT2D eigenvalue weighted by molar-refractivity contribution is -0.141. The van der Waals surface area contributed by atoms with E-state index in [9.17, 15) is 13.2 Å². The first-order chi connectivity index (χ1) is 13.9. The van der Waals surface area contributed by atoms with Gasteiger partial charge >= 0.3 is 6.18 Å². The van der Waals surface area contributed by atoms with Crippen LogP contribution in [-0.4, -0.2) is 22.5 Å². The highest BCUT2D eigenvalue weighted by atomic mass is 35.5. The number of fused-ring (bicyclic) bond motifs is 1. The van der Waals surface area contributed by atoms with Gasteiger partial charge in [0.1, 0.15) is 12.3 Å². The fourth-order valence-electron chi connectivity index (χ4n) is 3.15. The summed E-state index contributed by atoms with van der Waals surface area (Å²) < 4.78 is 51.7. The number of hydrogen-bond donors (Lipinski definition) is 0. The minimum absolute atomic E-state index is 0.132. The highest BCUT2D eigenvalue weighted by Crippen LogP contribution is 2.37. The Balaban J connectivity index is 1.64. The smallest absolute Gasteiger partial charge is 0.406 e. The second-order valence-corrected chi connectivity index (χ2v) is 7.82. The number of ether oxygens (including phenoxy) is 2. The van der Waals surface area contributed by atoms with E-state index < -0.39 is 12.7 Å².